The molecule has 0 bridgehead atoms. The summed E-state index contributed by atoms with van der Waals surface area (Å²) in [6.07, 6.45) is 0. The van der Waals surface area contributed by atoms with Gasteiger partial charge in [-0.2, -0.15) is 0 Å². The van der Waals surface area contributed by atoms with Crippen LogP contribution in [0.5, 0.6) is 0 Å². The zero-order valence-corrected chi connectivity index (χ0v) is 9.46. The van der Waals surface area contributed by atoms with Gasteiger partial charge >= 0.3 is 5.97 Å². The van der Waals surface area contributed by atoms with Gasteiger partial charge < -0.3 is 4.74 Å². The summed E-state index contributed by atoms with van der Waals surface area (Å²) in [5, 5.41) is 0. The minimum atomic E-state index is -0.199. The molecule has 0 unspecified atom stereocenters. The Morgan fingerprint density at radius 2 is 2.00 bits per heavy atom. The molecular formula is C8H6KO2. The molecule has 1 aromatic carbocycles. The van der Waals surface area contributed by atoms with Gasteiger partial charge in [0.2, 0.25) is 0 Å². The number of benzene rings is 1. The quantitative estimate of drug-likeness (QED) is 0.432. The van der Waals surface area contributed by atoms with E-state index in [1.54, 1.807) is 6.07 Å². The van der Waals surface area contributed by atoms with Crippen LogP contribution >= 0.6 is 0 Å². The zero-order chi connectivity index (χ0) is 6.97. The van der Waals surface area contributed by atoms with E-state index in [0.29, 0.717) is 12.2 Å². The van der Waals surface area contributed by atoms with E-state index in [9.17, 15) is 4.79 Å². The number of hydrogen-bond donors (Lipinski definition) is 0. The summed E-state index contributed by atoms with van der Waals surface area (Å²) < 4.78 is 4.78. The molecule has 0 saturated carbocycles. The molecule has 11 heavy (non-hydrogen) atoms. The van der Waals surface area contributed by atoms with Gasteiger partial charge in [0, 0.05) is 56.9 Å². The van der Waals surface area contributed by atoms with Crippen LogP contribution in [-0.2, 0) is 11.3 Å². The number of hydrogen-bond acceptors (Lipinski definition) is 2. The van der Waals surface area contributed by atoms with E-state index in [-0.39, 0.29) is 57.4 Å². The third kappa shape index (κ3) is 1.73. The van der Waals surface area contributed by atoms with Crippen LogP contribution in [0.1, 0.15) is 15.9 Å². The van der Waals surface area contributed by atoms with Crippen molar-refractivity contribution in [1.82, 2.24) is 0 Å². The van der Waals surface area contributed by atoms with Crippen LogP contribution in [0.2, 0.25) is 0 Å². The Bertz CT molecular complexity index is 283. The first-order chi connectivity index (χ1) is 4.88. The summed E-state index contributed by atoms with van der Waals surface area (Å²) in [4.78, 5) is 10.8. The number of fused-ring (bicyclic) bond motifs is 1. The summed E-state index contributed by atoms with van der Waals surface area (Å²) in [7, 11) is 0. The first-order valence-electron chi connectivity index (χ1n) is 3.13. The van der Waals surface area contributed by atoms with Crippen LogP contribution in [-0.4, -0.2) is 57.4 Å². The van der Waals surface area contributed by atoms with Gasteiger partial charge in [-0.05, 0) is 6.07 Å². The van der Waals surface area contributed by atoms with Gasteiger partial charge in [0.25, 0.3) is 0 Å². The molecule has 2 rings (SSSR count). The van der Waals surface area contributed by atoms with Crippen molar-refractivity contribution in [3.63, 3.8) is 0 Å². The molecule has 1 radical (unpaired) electrons. The van der Waals surface area contributed by atoms with Crippen LogP contribution in [0.25, 0.3) is 0 Å². The van der Waals surface area contributed by atoms with E-state index in [2.05, 4.69) is 0 Å². The predicted octanol–water partition coefficient (Wildman–Crippen LogP) is 0.976. The number of esters is 1. The van der Waals surface area contributed by atoms with Gasteiger partial charge in [0.15, 0.2) is 0 Å². The van der Waals surface area contributed by atoms with Gasteiger partial charge in [-0.25, -0.2) is 4.79 Å². The molecule has 2 nitrogen and oxygen atoms in total. The second-order valence-electron chi connectivity index (χ2n) is 2.23. The Kier molecular flexibility index (Phi) is 3.27. The summed E-state index contributed by atoms with van der Waals surface area (Å²) in [5.74, 6) is -0.199. The summed E-state index contributed by atoms with van der Waals surface area (Å²) >= 11 is 0. The molecule has 1 aliphatic heterocycles. The van der Waals surface area contributed by atoms with Crippen LogP contribution < -0.4 is 0 Å². The summed E-state index contributed by atoms with van der Waals surface area (Å²) in [6.45, 7) is 0.439. The van der Waals surface area contributed by atoms with Crippen molar-refractivity contribution in [1.29, 1.82) is 0 Å². The maximum atomic E-state index is 10.8. The molecule has 0 spiro atoms. The van der Waals surface area contributed by atoms with E-state index in [1.165, 1.54) is 0 Å². The normalized spacial score (nSPS) is 13.3. The van der Waals surface area contributed by atoms with Crippen molar-refractivity contribution in [2.75, 3.05) is 0 Å². The van der Waals surface area contributed by atoms with Crippen molar-refractivity contribution in [3.05, 3.63) is 35.4 Å². The Morgan fingerprint density at radius 3 is 2.73 bits per heavy atom. The second-order valence-corrected chi connectivity index (χ2v) is 2.23. The average molecular weight is 173 g/mol. The summed E-state index contributed by atoms with van der Waals surface area (Å²) in [6, 6.07) is 7.43. The van der Waals surface area contributed by atoms with Crippen LogP contribution in [0.3, 0.4) is 0 Å². The van der Waals surface area contributed by atoms with E-state index in [0.717, 1.165) is 5.56 Å². The maximum Gasteiger partial charge on any atom is 0.338 e. The molecule has 51 valence electrons. The average Bonchev–Trinajstić information content (AvgIpc) is 2.34. The third-order valence-electron chi connectivity index (χ3n) is 1.60. The number of cyclic esters (lactones) is 1. The van der Waals surface area contributed by atoms with Crippen molar-refractivity contribution in [2.24, 2.45) is 0 Å². The predicted molar refractivity (Wildman–Crippen MR) is 41.3 cm³/mol. The Labute approximate surface area is 107 Å². The number of carbonyl (C=O) groups excluding carboxylic acids is 1. The topological polar surface area (TPSA) is 26.3 Å². The molecular weight excluding hydrogens is 167 g/mol. The van der Waals surface area contributed by atoms with Gasteiger partial charge in [-0.1, -0.05) is 18.2 Å². The molecule has 0 aliphatic carbocycles. The molecule has 3 heteroatoms. The molecule has 0 atom stereocenters. The standard InChI is InChI=1S/C8H6O2.K/c9-8-7-4-2-1-3-6(7)5-10-8;/h1-4H,5H2;. The fraction of sp³-hybridized carbons (Fsp3) is 0.125. The van der Waals surface area contributed by atoms with Gasteiger partial charge in [0.05, 0.1) is 5.56 Å². The van der Waals surface area contributed by atoms with E-state index < -0.39 is 0 Å². The van der Waals surface area contributed by atoms with Crippen molar-refractivity contribution in [3.8, 4) is 0 Å². The minimum Gasteiger partial charge on any atom is -0.457 e. The fourth-order valence-electron chi connectivity index (χ4n) is 1.07. The monoisotopic (exact) mass is 173 g/mol. The molecule has 1 aliphatic rings. The second kappa shape index (κ2) is 3.82. The van der Waals surface area contributed by atoms with E-state index in [1.807, 2.05) is 18.2 Å². The van der Waals surface area contributed by atoms with Crippen LogP contribution in [0.15, 0.2) is 24.3 Å². The Balaban J connectivity index is 0.000000605. The Morgan fingerprint density at radius 1 is 1.27 bits per heavy atom. The first kappa shape index (κ1) is 9.41. The minimum absolute atomic E-state index is 0. The molecule has 0 fully saturated rings. The molecule has 0 saturated heterocycles. The first-order valence-corrected chi connectivity index (χ1v) is 3.13. The molecule has 1 aromatic rings. The maximum absolute atomic E-state index is 10.8. The molecule has 0 aromatic heterocycles. The largest absolute Gasteiger partial charge is 0.457 e. The SMILES string of the molecule is O=C1OCc2ccccc21.[K]. The summed E-state index contributed by atoms with van der Waals surface area (Å²) in [5.41, 5.74) is 1.70. The van der Waals surface area contributed by atoms with Crippen LogP contribution in [0.4, 0.5) is 0 Å². The molecule has 1 heterocycles. The molecule has 0 amide bonds. The van der Waals surface area contributed by atoms with Gasteiger partial charge in [-0.3, -0.25) is 0 Å². The van der Waals surface area contributed by atoms with E-state index >= 15 is 0 Å². The Hall–Kier alpha value is 0.326. The van der Waals surface area contributed by atoms with Gasteiger partial charge in [-0.15, -0.1) is 0 Å². The smallest absolute Gasteiger partial charge is 0.338 e. The van der Waals surface area contributed by atoms with Crippen molar-refractivity contribution >= 4 is 57.4 Å². The van der Waals surface area contributed by atoms with Gasteiger partial charge in [0.1, 0.15) is 6.61 Å². The molecule has 0 N–H and O–H groups in total. The van der Waals surface area contributed by atoms with Crippen molar-refractivity contribution < 1.29 is 9.53 Å². The van der Waals surface area contributed by atoms with Crippen LogP contribution in [0, 0.1) is 0 Å². The third-order valence-corrected chi connectivity index (χ3v) is 1.60. The number of ether oxygens (including phenoxy) is 1. The fourth-order valence-corrected chi connectivity index (χ4v) is 1.07. The number of carbonyl (C=O) groups is 1. The van der Waals surface area contributed by atoms with Crippen molar-refractivity contribution in [2.45, 2.75) is 6.61 Å². The van der Waals surface area contributed by atoms with E-state index in [4.69, 9.17) is 4.74 Å². The number of rotatable bonds is 0. The zero-order valence-electron chi connectivity index (χ0n) is 6.33.